The molecule has 1 aliphatic heterocycles. The van der Waals surface area contributed by atoms with Crippen LogP contribution in [0.5, 0.6) is 0 Å². The fraction of sp³-hybridized carbons (Fsp3) is 0.548. The molecule has 19 nitrogen and oxygen atoms in total. The van der Waals surface area contributed by atoms with Crippen LogP contribution >= 0.6 is 11.8 Å². The summed E-state index contributed by atoms with van der Waals surface area (Å²) in [6.45, 7) is 4.67. The van der Waals surface area contributed by atoms with Crippen LogP contribution in [0.4, 0.5) is 5.82 Å². The smallest absolute Gasteiger partial charge is 0.305 e. The van der Waals surface area contributed by atoms with Gasteiger partial charge in [0.15, 0.2) is 11.7 Å². The number of rotatable bonds is 22. The molecule has 0 aromatic carbocycles. The molecule has 1 fully saturated rings. The molecular formula is C31H46N10O9S. The van der Waals surface area contributed by atoms with Crippen molar-refractivity contribution in [3.63, 3.8) is 0 Å². The molecule has 3 atom stereocenters. The SMILES string of the molecule is CC(=O)N[C@@H](CCCNC(=N)N)C(=O)NCC(=O)N[C@@H](CC(=O)O)C(=O)NCCSC1CC(=O)N(CCC(=O)c2ccc(NC(C)C)nc2)C1=O. The Balaban J connectivity index is 1.80. The molecular weight excluding hydrogens is 688 g/mol. The van der Waals surface area contributed by atoms with Crippen molar-refractivity contribution < 1.29 is 43.5 Å². The van der Waals surface area contributed by atoms with Gasteiger partial charge >= 0.3 is 5.97 Å². The minimum atomic E-state index is -1.48. The second-order valence-corrected chi connectivity index (χ2v) is 13.1. The Morgan fingerprint density at radius 1 is 1.04 bits per heavy atom. The van der Waals surface area contributed by atoms with Crippen LogP contribution < -0.4 is 37.6 Å². The largest absolute Gasteiger partial charge is 0.481 e. The lowest BCUT2D eigenvalue weighted by molar-refractivity contribution is -0.141. The van der Waals surface area contributed by atoms with E-state index in [9.17, 15) is 43.5 Å². The highest BCUT2D eigenvalue weighted by Gasteiger charge is 2.38. The van der Waals surface area contributed by atoms with Gasteiger partial charge < -0.3 is 42.7 Å². The van der Waals surface area contributed by atoms with Crippen LogP contribution in [-0.4, -0.2) is 123 Å². The Morgan fingerprint density at radius 3 is 2.35 bits per heavy atom. The summed E-state index contributed by atoms with van der Waals surface area (Å²) in [7, 11) is 0. The maximum Gasteiger partial charge on any atom is 0.305 e. The number of pyridine rings is 1. The van der Waals surface area contributed by atoms with Gasteiger partial charge in [-0.25, -0.2) is 4.98 Å². The van der Waals surface area contributed by atoms with Crippen molar-refractivity contribution in [2.24, 2.45) is 5.73 Å². The molecule has 6 amide bonds. The molecule has 1 aromatic heterocycles. The number of nitrogens with zero attached hydrogens (tertiary/aromatic N) is 2. The van der Waals surface area contributed by atoms with Crippen LogP contribution in [0, 0.1) is 5.41 Å². The minimum absolute atomic E-state index is 0.0196. The molecule has 0 spiro atoms. The lowest BCUT2D eigenvalue weighted by atomic mass is 10.1. The molecule has 0 bridgehead atoms. The number of carbonyl (C=O) groups is 8. The molecule has 51 heavy (non-hydrogen) atoms. The maximum atomic E-state index is 12.9. The number of aliphatic carboxylic acids is 1. The first-order chi connectivity index (χ1) is 24.1. The summed E-state index contributed by atoms with van der Waals surface area (Å²) in [6, 6.07) is 0.986. The molecule has 1 saturated heterocycles. The van der Waals surface area contributed by atoms with Gasteiger partial charge in [0.1, 0.15) is 17.9 Å². The average Bonchev–Trinajstić information content (AvgIpc) is 3.32. The van der Waals surface area contributed by atoms with Crippen LogP contribution in [-0.2, 0) is 33.6 Å². The number of carboxylic acid groups (broad SMARTS) is 1. The number of ketones is 1. The van der Waals surface area contributed by atoms with Gasteiger partial charge in [-0.1, -0.05) is 0 Å². The predicted octanol–water partition coefficient (Wildman–Crippen LogP) is -1.70. The number of hydrogen-bond acceptors (Lipinski definition) is 12. The number of anilines is 1. The molecule has 0 saturated carbocycles. The van der Waals surface area contributed by atoms with E-state index >= 15 is 0 Å². The fourth-order valence-corrected chi connectivity index (χ4v) is 5.81. The van der Waals surface area contributed by atoms with E-state index in [1.807, 2.05) is 13.8 Å². The molecule has 2 rings (SSSR count). The zero-order valence-electron chi connectivity index (χ0n) is 28.7. The number of nitrogens with one attached hydrogen (secondary N) is 7. The first-order valence-corrected chi connectivity index (χ1v) is 17.2. The summed E-state index contributed by atoms with van der Waals surface area (Å²) in [5, 5.41) is 30.9. The topological polar surface area (TPSA) is 295 Å². The monoisotopic (exact) mass is 734 g/mol. The number of imide groups is 1. The van der Waals surface area contributed by atoms with Gasteiger partial charge in [-0.2, -0.15) is 0 Å². The van der Waals surface area contributed by atoms with E-state index in [1.165, 1.54) is 13.1 Å². The summed E-state index contributed by atoms with van der Waals surface area (Å²) in [4.78, 5) is 104. The molecule has 0 aliphatic carbocycles. The number of thioether (sulfide) groups is 1. The quantitative estimate of drug-likeness (QED) is 0.0211. The first-order valence-electron chi connectivity index (χ1n) is 16.2. The Hall–Kier alpha value is -5.27. The maximum absolute atomic E-state index is 12.9. The third-order valence-corrected chi connectivity index (χ3v) is 8.35. The zero-order valence-corrected chi connectivity index (χ0v) is 29.5. The van der Waals surface area contributed by atoms with Crippen molar-refractivity contribution >= 4 is 70.7 Å². The number of hydrogen-bond donors (Lipinski definition) is 9. The Kier molecular flexibility index (Phi) is 17.3. The summed E-state index contributed by atoms with van der Waals surface area (Å²) in [6.07, 6.45) is 1.05. The lowest BCUT2D eigenvalue weighted by Crippen LogP contribution is -2.52. The number of carbonyl (C=O) groups excluding carboxylic acids is 7. The summed E-state index contributed by atoms with van der Waals surface area (Å²) in [5.41, 5.74) is 5.57. The van der Waals surface area contributed by atoms with E-state index in [1.54, 1.807) is 12.1 Å². The molecule has 1 aromatic rings. The molecule has 1 aliphatic rings. The second-order valence-electron chi connectivity index (χ2n) is 11.8. The molecule has 0 radical (unpaired) electrons. The van der Waals surface area contributed by atoms with E-state index < -0.39 is 71.7 Å². The van der Waals surface area contributed by atoms with E-state index in [4.69, 9.17) is 11.1 Å². The van der Waals surface area contributed by atoms with Gasteiger partial charge in [-0.15, -0.1) is 11.8 Å². The van der Waals surface area contributed by atoms with Crippen molar-refractivity contribution in [3.05, 3.63) is 23.9 Å². The third-order valence-electron chi connectivity index (χ3n) is 7.14. The summed E-state index contributed by atoms with van der Waals surface area (Å²) < 4.78 is 0. The molecule has 2 heterocycles. The van der Waals surface area contributed by atoms with Crippen molar-refractivity contribution in [1.82, 2.24) is 36.5 Å². The number of amides is 6. The Bertz CT molecular complexity index is 1460. The first kappa shape index (κ1) is 41.9. The van der Waals surface area contributed by atoms with Crippen LogP contribution in [0.1, 0.15) is 63.2 Å². The zero-order chi connectivity index (χ0) is 38.1. The highest BCUT2D eigenvalue weighted by molar-refractivity contribution is 8.00. The number of likely N-dealkylation sites (tertiary alicyclic amines) is 1. The van der Waals surface area contributed by atoms with Crippen LogP contribution in [0.15, 0.2) is 18.3 Å². The normalized spacial score (nSPS) is 15.1. The van der Waals surface area contributed by atoms with Gasteiger partial charge in [0.2, 0.25) is 35.4 Å². The third kappa shape index (κ3) is 15.4. The lowest BCUT2D eigenvalue weighted by Gasteiger charge is -2.19. The van der Waals surface area contributed by atoms with Crippen molar-refractivity contribution in [2.45, 2.75) is 76.3 Å². The highest BCUT2D eigenvalue weighted by Crippen LogP contribution is 2.25. The van der Waals surface area contributed by atoms with Gasteiger partial charge in [-0.05, 0) is 38.8 Å². The average molecular weight is 735 g/mol. The van der Waals surface area contributed by atoms with Gasteiger partial charge in [0, 0.05) is 63.0 Å². The Morgan fingerprint density at radius 2 is 1.75 bits per heavy atom. The van der Waals surface area contributed by atoms with E-state index in [0.29, 0.717) is 17.8 Å². The molecule has 20 heteroatoms. The van der Waals surface area contributed by atoms with Crippen molar-refractivity contribution in [1.29, 1.82) is 5.41 Å². The molecule has 280 valence electrons. The van der Waals surface area contributed by atoms with E-state index in [-0.39, 0.29) is 62.4 Å². The van der Waals surface area contributed by atoms with Crippen LogP contribution in [0.3, 0.4) is 0 Å². The standard InChI is InChI=1S/C31H46N10O9S/c1-17(2)38-24-7-6-19(15-36-24)22(43)8-11-41-26(45)14-23(30(41)50)51-12-10-34-29(49)21(13-27(46)47)40-25(44)16-37-28(48)20(39-18(3)42)5-4-9-35-31(32)33/h6-7,15,17,20-21,23H,4-5,8-14,16H2,1-3H3,(H,34,49)(H,36,38)(H,37,48)(H,39,42)(H,40,44)(H,46,47)(H4,32,33,35)/t20-,21-,23?/m0/s1. The van der Waals surface area contributed by atoms with Gasteiger partial charge in [0.25, 0.3) is 0 Å². The van der Waals surface area contributed by atoms with E-state index in [2.05, 4.69) is 36.9 Å². The van der Waals surface area contributed by atoms with Crippen LogP contribution in [0.25, 0.3) is 0 Å². The van der Waals surface area contributed by atoms with Gasteiger partial charge in [-0.3, -0.25) is 48.7 Å². The highest BCUT2D eigenvalue weighted by atomic mass is 32.2. The second kappa shape index (κ2) is 21.1. The van der Waals surface area contributed by atoms with E-state index in [0.717, 1.165) is 16.7 Å². The number of Topliss-reactive ketones (excluding diaryl/α,β-unsaturated/α-hetero) is 1. The summed E-state index contributed by atoms with van der Waals surface area (Å²) >= 11 is 1.11. The summed E-state index contributed by atoms with van der Waals surface area (Å²) in [5.74, 6) is -4.82. The van der Waals surface area contributed by atoms with Crippen molar-refractivity contribution in [3.8, 4) is 0 Å². The Labute approximate surface area is 298 Å². The number of carboxylic acids is 1. The minimum Gasteiger partial charge on any atom is -0.481 e. The number of nitrogens with two attached hydrogens (primary N) is 1. The van der Waals surface area contributed by atoms with Crippen molar-refractivity contribution in [2.75, 3.05) is 37.2 Å². The fourth-order valence-electron chi connectivity index (χ4n) is 4.78. The van der Waals surface area contributed by atoms with Crippen LogP contribution in [0.2, 0.25) is 0 Å². The molecule has 1 unspecified atom stereocenters. The predicted molar refractivity (Wildman–Crippen MR) is 186 cm³/mol. The number of aromatic nitrogens is 1. The number of guanidine groups is 1. The van der Waals surface area contributed by atoms with Gasteiger partial charge in [0.05, 0.1) is 18.2 Å². The molecule has 10 N–H and O–H groups in total.